The lowest BCUT2D eigenvalue weighted by Gasteiger charge is -2.46. The van der Waals surface area contributed by atoms with Crippen LogP contribution in [0.25, 0.3) is 0 Å². The lowest BCUT2D eigenvalue weighted by atomic mass is 9.77. The monoisotopic (exact) mass is 304 g/mol. The van der Waals surface area contributed by atoms with E-state index >= 15 is 0 Å². The molecule has 21 heavy (non-hydrogen) atoms. The lowest BCUT2D eigenvalue weighted by molar-refractivity contribution is 0.344. The normalized spacial score (nSPS) is 38.0. The predicted molar refractivity (Wildman–Crippen MR) is 93.9 cm³/mol. The molecule has 2 aliphatic carbocycles. The number of fused-ring (bicyclic) bond motifs is 1. The fourth-order valence-electron chi connectivity index (χ4n) is 5.32. The smallest absolute Gasteiger partial charge is 0.126 e. The van der Waals surface area contributed by atoms with Crippen LogP contribution in [0.3, 0.4) is 0 Å². The molecule has 3 rings (SSSR count). The molecule has 0 aromatic carbocycles. The van der Waals surface area contributed by atoms with Crippen molar-refractivity contribution in [3.05, 3.63) is 23.3 Å². The van der Waals surface area contributed by atoms with E-state index in [-0.39, 0.29) is 0 Å². The molecule has 2 fully saturated rings. The molecule has 118 valence electrons. The van der Waals surface area contributed by atoms with E-state index in [4.69, 9.17) is 0 Å². The Morgan fingerprint density at radius 3 is 2.24 bits per heavy atom. The molecule has 0 aromatic rings. The minimum Gasteiger partial charge on any atom is -0.321 e. The standard InChI is InChI=1S/C18H32N2Si/c1-13-6-7-14(2)18-16(12-15(3)17(13)18)21(4,5)20-10-8-19-9-11-20/h6-7,15-19H,8-12H2,1-5H3. The molecular formula is C18H32N2Si. The Balaban J connectivity index is 1.88. The van der Waals surface area contributed by atoms with Crippen LogP contribution in [0.4, 0.5) is 0 Å². The third kappa shape index (κ3) is 2.58. The van der Waals surface area contributed by atoms with E-state index < -0.39 is 8.24 Å². The number of piperazine rings is 1. The predicted octanol–water partition coefficient (Wildman–Crippen LogP) is 3.65. The number of nitrogens with zero attached hydrogens (tertiary/aromatic N) is 1. The lowest BCUT2D eigenvalue weighted by Crippen LogP contribution is -2.59. The Hall–Kier alpha value is -0.383. The molecule has 1 saturated carbocycles. The summed E-state index contributed by atoms with van der Waals surface area (Å²) in [6.45, 7) is 17.4. The highest BCUT2D eigenvalue weighted by Gasteiger charge is 2.52. The van der Waals surface area contributed by atoms with Gasteiger partial charge in [-0.1, -0.05) is 43.3 Å². The molecule has 1 aliphatic heterocycles. The van der Waals surface area contributed by atoms with E-state index in [0.717, 1.165) is 23.3 Å². The Morgan fingerprint density at radius 2 is 1.62 bits per heavy atom. The van der Waals surface area contributed by atoms with E-state index in [1.54, 1.807) is 11.1 Å². The van der Waals surface area contributed by atoms with Gasteiger partial charge in [0.15, 0.2) is 0 Å². The van der Waals surface area contributed by atoms with Gasteiger partial charge in [-0.3, -0.25) is 0 Å². The molecule has 1 heterocycles. The number of nitrogens with one attached hydrogen (secondary N) is 1. The average molecular weight is 305 g/mol. The van der Waals surface area contributed by atoms with Crippen molar-refractivity contribution in [2.24, 2.45) is 17.8 Å². The number of hydrogen-bond donors (Lipinski definition) is 1. The number of hydrogen-bond acceptors (Lipinski definition) is 2. The van der Waals surface area contributed by atoms with Gasteiger partial charge in [-0.15, -0.1) is 0 Å². The summed E-state index contributed by atoms with van der Waals surface area (Å²) in [5, 5.41) is 3.52. The first kappa shape index (κ1) is 15.5. The van der Waals surface area contributed by atoms with Crippen molar-refractivity contribution >= 4 is 8.24 Å². The second kappa shape index (κ2) is 5.67. The van der Waals surface area contributed by atoms with Gasteiger partial charge in [0.25, 0.3) is 0 Å². The van der Waals surface area contributed by atoms with Crippen molar-refractivity contribution in [2.75, 3.05) is 26.2 Å². The van der Waals surface area contributed by atoms with Crippen molar-refractivity contribution in [1.82, 2.24) is 9.88 Å². The molecule has 3 aliphatic rings. The zero-order valence-corrected chi connectivity index (χ0v) is 15.4. The SMILES string of the molecule is CC1=CC=C(C)C2C1C(C)CC2[Si](C)(C)N1CCNCC1. The van der Waals surface area contributed by atoms with Crippen molar-refractivity contribution in [3.63, 3.8) is 0 Å². The highest BCUT2D eigenvalue weighted by molar-refractivity contribution is 6.76. The summed E-state index contributed by atoms with van der Waals surface area (Å²) < 4.78 is 2.88. The fraction of sp³-hybridized carbons (Fsp3) is 0.778. The van der Waals surface area contributed by atoms with Gasteiger partial charge in [0, 0.05) is 26.2 Å². The molecule has 1 N–H and O–H groups in total. The van der Waals surface area contributed by atoms with Crippen molar-refractivity contribution in [1.29, 1.82) is 0 Å². The molecule has 3 heteroatoms. The van der Waals surface area contributed by atoms with Gasteiger partial charge in [-0.05, 0) is 43.6 Å². The Labute approximate surface area is 131 Å². The number of rotatable bonds is 2. The zero-order valence-electron chi connectivity index (χ0n) is 14.4. The molecule has 4 unspecified atom stereocenters. The van der Waals surface area contributed by atoms with Gasteiger partial charge in [-0.2, -0.15) is 0 Å². The molecule has 4 atom stereocenters. The van der Waals surface area contributed by atoms with Crippen molar-refractivity contribution in [2.45, 2.75) is 45.8 Å². The maximum atomic E-state index is 3.52. The second-order valence-electron chi connectivity index (χ2n) is 8.08. The van der Waals surface area contributed by atoms with Crippen LogP contribution in [0.15, 0.2) is 23.3 Å². The van der Waals surface area contributed by atoms with Crippen LogP contribution < -0.4 is 5.32 Å². The first-order valence-electron chi connectivity index (χ1n) is 8.73. The Morgan fingerprint density at radius 1 is 1.05 bits per heavy atom. The molecule has 0 spiro atoms. The van der Waals surface area contributed by atoms with E-state index in [1.165, 1.54) is 32.6 Å². The Kier molecular flexibility index (Phi) is 4.19. The first-order chi connectivity index (χ1) is 9.93. The molecule has 0 amide bonds. The minimum atomic E-state index is -1.37. The minimum absolute atomic E-state index is 0.815. The van der Waals surface area contributed by atoms with Crippen LogP contribution in [0.2, 0.25) is 18.6 Å². The summed E-state index contributed by atoms with van der Waals surface area (Å²) >= 11 is 0. The summed E-state index contributed by atoms with van der Waals surface area (Å²) in [6.07, 6.45) is 6.23. The summed E-state index contributed by atoms with van der Waals surface area (Å²) in [4.78, 5) is 0. The average Bonchev–Trinajstić information content (AvgIpc) is 2.84. The van der Waals surface area contributed by atoms with Gasteiger partial charge < -0.3 is 9.88 Å². The van der Waals surface area contributed by atoms with Crippen LogP contribution in [0, 0.1) is 17.8 Å². The van der Waals surface area contributed by atoms with Gasteiger partial charge >= 0.3 is 0 Å². The molecule has 0 aromatic heterocycles. The molecule has 0 bridgehead atoms. The third-order valence-electron chi connectivity index (χ3n) is 6.56. The summed E-state index contributed by atoms with van der Waals surface area (Å²) in [5.74, 6) is 2.49. The fourth-order valence-corrected chi connectivity index (χ4v) is 9.46. The van der Waals surface area contributed by atoms with E-state index in [0.29, 0.717) is 0 Å². The Bertz CT molecular complexity index is 460. The summed E-state index contributed by atoms with van der Waals surface area (Å²) in [5.41, 5.74) is 4.21. The van der Waals surface area contributed by atoms with Gasteiger partial charge in [0.2, 0.25) is 0 Å². The maximum absolute atomic E-state index is 3.52. The van der Waals surface area contributed by atoms with Crippen LogP contribution in [-0.2, 0) is 0 Å². The molecular weight excluding hydrogens is 272 g/mol. The largest absolute Gasteiger partial charge is 0.321 e. The van der Waals surface area contributed by atoms with Crippen molar-refractivity contribution in [3.8, 4) is 0 Å². The first-order valence-corrected chi connectivity index (χ1v) is 11.8. The van der Waals surface area contributed by atoms with E-state index in [9.17, 15) is 0 Å². The highest BCUT2D eigenvalue weighted by Crippen LogP contribution is 2.56. The van der Waals surface area contributed by atoms with Gasteiger partial charge in [-0.25, -0.2) is 0 Å². The van der Waals surface area contributed by atoms with E-state index in [2.05, 4.69) is 55.9 Å². The highest BCUT2D eigenvalue weighted by atomic mass is 28.3. The molecule has 0 radical (unpaired) electrons. The van der Waals surface area contributed by atoms with E-state index in [1.807, 2.05) is 0 Å². The second-order valence-corrected chi connectivity index (χ2v) is 12.8. The summed E-state index contributed by atoms with van der Waals surface area (Å²) in [7, 11) is -1.37. The quantitative estimate of drug-likeness (QED) is 0.784. The van der Waals surface area contributed by atoms with Crippen molar-refractivity contribution < 1.29 is 0 Å². The van der Waals surface area contributed by atoms with Crippen LogP contribution >= 0.6 is 0 Å². The van der Waals surface area contributed by atoms with Gasteiger partial charge in [0.05, 0.1) is 0 Å². The van der Waals surface area contributed by atoms with Gasteiger partial charge in [0.1, 0.15) is 8.24 Å². The van der Waals surface area contributed by atoms with Crippen LogP contribution in [-0.4, -0.2) is 39.0 Å². The molecule has 2 nitrogen and oxygen atoms in total. The maximum Gasteiger partial charge on any atom is 0.126 e. The topological polar surface area (TPSA) is 15.3 Å². The summed E-state index contributed by atoms with van der Waals surface area (Å²) in [6, 6.07) is 0. The zero-order chi connectivity index (χ0) is 15.2. The van der Waals surface area contributed by atoms with Crippen LogP contribution in [0.5, 0.6) is 0 Å². The third-order valence-corrected chi connectivity index (χ3v) is 11.0. The van der Waals surface area contributed by atoms with Crippen LogP contribution in [0.1, 0.15) is 27.2 Å². The number of allylic oxidation sites excluding steroid dienone is 4. The molecule has 1 saturated heterocycles.